The molecule has 0 spiro atoms. The number of nitriles is 1. The molecule has 1 aliphatic rings. The molecule has 6 nitrogen and oxygen atoms in total. The molecule has 142 valence electrons. The maximum atomic E-state index is 12.7. The van der Waals surface area contributed by atoms with Crippen LogP contribution in [0, 0.1) is 25.2 Å². The highest BCUT2D eigenvalue weighted by Crippen LogP contribution is 2.37. The van der Waals surface area contributed by atoms with Crippen LogP contribution >= 0.6 is 11.8 Å². The van der Waals surface area contributed by atoms with E-state index in [0.29, 0.717) is 17.4 Å². The Labute approximate surface area is 168 Å². The average molecular weight is 392 g/mol. The number of rotatable bonds is 6. The molecular formula is C21H21N5OS. The topological polar surface area (TPSA) is 75.6 Å². The quantitative estimate of drug-likeness (QED) is 0.638. The number of nitrogens with zero attached hydrogens (tertiary/aromatic N) is 4. The first-order chi connectivity index (χ1) is 13.6. The SMILES string of the molecule is Cc1c(C#N)c(NC(=O)CSc2nccn2C2CC2)n(-c2ccccc2)c1C. The number of thioether (sulfide) groups is 1. The van der Waals surface area contributed by atoms with E-state index in [4.69, 9.17) is 0 Å². The van der Waals surface area contributed by atoms with E-state index in [2.05, 4.69) is 20.9 Å². The molecule has 1 aromatic carbocycles. The molecule has 2 heterocycles. The van der Waals surface area contributed by atoms with E-state index >= 15 is 0 Å². The van der Waals surface area contributed by atoms with Crippen LogP contribution in [0.2, 0.25) is 0 Å². The Morgan fingerprint density at radius 3 is 2.75 bits per heavy atom. The Morgan fingerprint density at radius 2 is 2.07 bits per heavy atom. The minimum atomic E-state index is -0.151. The zero-order chi connectivity index (χ0) is 19.7. The number of aromatic nitrogens is 3. The number of anilines is 1. The number of imidazole rings is 1. The van der Waals surface area contributed by atoms with Crippen molar-refractivity contribution in [3.63, 3.8) is 0 Å². The Morgan fingerprint density at radius 1 is 1.32 bits per heavy atom. The standard InChI is InChI=1S/C21H21N5OS/c1-14-15(2)26(17-6-4-3-5-7-17)20(18(14)12-22)24-19(27)13-28-21-23-10-11-25(21)16-8-9-16/h3-7,10-11,16H,8-9,13H2,1-2H3,(H,24,27). The van der Waals surface area contributed by atoms with E-state index in [1.165, 1.54) is 24.6 Å². The van der Waals surface area contributed by atoms with Crippen molar-refractivity contribution in [2.75, 3.05) is 11.1 Å². The number of amides is 1. The third-order valence-corrected chi connectivity index (χ3v) is 5.98. The minimum absolute atomic E-state index is 0.151. The van der Waals surface area contributed by atoms with Gasteiger partial charge in [0.25, 0.3) is 0 Å². The number of benzene rings is 1. The summed E-state index contributed by atoms with van der Waals surface area (Å²) in [5.41, 5.74) is 3.23. The summed E-state index contributed by atoms with van der Waals surface area (Å²) in [6.45, 7) is 3.87. The lowest BCUT2D eigenvalue weighted by Gasteiger charge is -2.13. The fourth-order valence-electron chi connectivity index (χ4n) is 3.30. The van der Waals surface area contributed by atoms with Crippen molar-refractivity contribution in [1.29, 1.82) is 5.26 Å². The van der Waals surface area contributed by atoms with Crippen molar-refractivity contribution in [3.05, 3.63) is 59.5 Å². The van der Waals surface area contributed by atoms with Gasteiger partial charge in [-0.05, 0) is 44.4 Å². The Bertz CT molecular complexity index is 1060. The van der Waals surface area contributed by atoms with Gasteiger partial charge in [0, 0.05) is 29.8 Å². The number of para-hydroxylation sites is 1. The molecule has 0 bridgehead atoms. The van der Waals surface area contributed by atoms with Crippen LogP contribution in [-0.4, -0.2) is 25.8 Å². The molecule has 28 heavy (non-hydrogen) atoms. The molecule has 0 atom stereocenters. The lowest BCUT2D eigenvalue weighted by atomic mass is 10.2. The van der Waals surface area contributed by atoms with E-state index < -0.39 is 0 Å². The van der Waals surface area contributed by atoms with Gasteiger partial charge in [0.1, 0.15) is 11.9 Å². The number of hydrogen-bond acceptors (Lipinski definition) is 4. The summed E-state index contributed by atoms with van der Waals surface area (Å²) in [5, 5.41) is 13.5. The van der Waals surface area contributed by atoms with E-state index in [0.717, 1.165) is 22.1 Å². The molecule has 4 rings (SSSR count). The monoisotopic (exact) mass is 391 g/mol. The van der Waals surface area contributed by atoms with E-state index in [1.807, 2.05) is 54.9 Å². The van der Waals surface area contributed by atoms with Crippen LogP contribution in [0.4, 0.5) is 5.82 Å². The highest BCUT2D eigenvalue weighted by molar-refractivity contribution is 7.99. The van der Waals surface area contributed by atoms with Gasteiger partial charge in [-0.15, -0.1) is 0 Å². The molecule has 1 amide bonds. The lowest BCUT2D eigenvalue weighted by Crippen LogP contribution is -2.18. The van der Waals surface area contributed by atoms with Crippen molar-refractivity contribution in [2.45, 2.75) is 37.9 Å². The van der Waals surface area contributed by atoms with Crippen LogP contribution in [0.3, 0.4) is 0 Å². The molecule has 0 unspecified atom stereocenters. The normalized spacial score (nSPS) is 13.3. The Kier molecular flexibility index (Phi) is 4.97. The molecule has 0 radical (unpaired) electrons. The zero-order valence-electron chi connectivity index (χ0n) is 15.8. The van der Waals surface area contributed by atoms with Gasteiger partial charge in [0.15, 0.2) is 5.16 Å². The third kappa shape index (κ3) is 3.43. The maximum absolute atomic E-state index is 12.7. The Balaban J connectivity index is 1.57. The molecule has 0 aliphatic heterocycles. The Hall–Kier alpha value is -2.98. The lowest BCUT2D eigenvalue weighted by molar-refractivity contribution is -0.113. The highest BCUT2D eigenvalue weighted by atomic mass is 32.2. The second-order valence-electron chi connectivity index (χ2n) is 6.90. The van der Waals surface area contributed by atoms with Crippen molar-refractivity contribution in [1.82, 2.24) is 14.1 Å². The van der Waals surface area contributed by atoms with Gasteiger partial charge in [0.2, 0.25) is 5.91 Å². The minimum Gasteiger partial charge on any atom is -0.323 e. The fourth-order valence-corrected chi connectivity index (χ4v) is 4.13. The summed E-state index contributed by atoms with van der Waals surface area (Å²) in [6, 6.07) is 12.5. The van der Waals surface area contributed by atoms with Crippen molar-refractivity contribution in [3.8, 4) is 11.8 Å². The number of carbonyl (C=O) groups excluding carboxylic acids is 1. The van der Waals surface area contributed by atoms with E-state index in [9.17, 15) is 10.1 Å². The van der Waals surface area contributed by atoms with Gasteiger partial charge in [-0.3, -0.25) is 9.36 Å². The van der Waals surface area contributed by atoms with Crippen LogP contribution in [0.5, 0.6) is 0 Å². The summed E-state index contributed by atoms with van der Waals surface area (Å²) >= 11 is 1.42. The first-order valence-electron chi connectivity index (χ1n) is 9.23. The van der Waals surface area contributed by atoms with Gasteiger partial charge < -0.3 is 9.88 Å². The molecular weight excluding hydrogens is 370 g/mol. The van der Waals surface area contributed by atoms with Crippen LogP contribution in [0.25, 0.3) is 5.69 Å². The van der Waals surface area contributed by atoms with Gasteiger partial charge in [0.05, 0.1) is 11.3 Å². The molecule has 2 aromatic heterocycles. The summed E-state index contributed by atoms with van der Waals surface area (Å²) in [4.78, 5) is 17.0. The summed E-state index contributed by atoms with van der Waals surface area (Å²) < 4.78 is 4.07. The molecule has 7 heteroatoms. The summed E-state index contributed by atoms with van der Waals surface area (Å²) in [6.07, 6.45) is 6.09. The molecule has 0 saturated heterocycles. The number of carbonyl (C=O) groups is 1. The van der Waals surface area contributed by atoms with Gasteiger partial charge in [-0.1, -0.05) is 30.0 Å². The maximum Gasteiger partial charge on any atom is 0.236 e. The van der Waals surface area contributed by atoms with Crippen LogP contribution in [0.1, 0.15) is 35.7 Å². The van der Waals surface area contributed by atoms with E-state index in [1.54, 1.807) is 6.20 Å². The molecule has 1 N–H and O–H groups in total. The second kappa shape index (κ2) is 7.56. The van der Waals surface area contributed by atoms with Crippen LogP contribution in [0.15, 0.2) is 47.9 Å². The van der Waals surface area contributed by atoms with Gasteiger partial charge in [-0.25, -0.2) is 4.98 Å². The zero-order valence-corrected chi connectivity index (χ0v) is 16.7. The predicted octanol–water partition coefficient (Wildman–Crippen LogP) is 4.23. The highest BCUT2D eigenvalue weighted by Gasteiger charge is 2.26. The molecule has 1 fully saturated rings. The van der Waals surface area contributed by atoms with Gasteiger partial charge in [-0.2, -0.15) is 5.26 Å². The first kappa shape index (κ1) is 18.4. The smallest absolute Gasteiger partial charge is 0.236 e. The molecule has 1 saturated carbocycles. The largest absolute Gasteiger partial charge is 0.323 e. The van der Waals surface area contributed by atoms with Crippen molar-refractivity contribution >= 4 is 23.5 Å². The molecule has 1 aliphatic carbocycles. The first-order valence-corrected chi connectivity index (χ1v) is 10.2. The number of nitrogens with one attached hydrogen (secondary N) is 1. The summed E-state index contributed by atoms with van der Waals surface area (Å²) in [5.74, 6) is 0.619. The third-order valence-electron chi connectivity index (χ3n) is 5.00. The summed E-state index contributed by atoms with van der Waals surface area (Å²) in [7, 11) is 0. The van der Waals surface area contributed by atoms with E-state index in [-0.39, 0.29) is 11.7 Å². The predicted molar refractivity (Wildman–Crippen MR) is 110 cm³/mol. The second-order valence-corrected chi connectivity index (χ2v) is 7.84. The van der Waals surface area contributed by atoms with Crippen molar-refractivity contribution in [2.24, 2.45) is 0 Å². The van der Waals surface area contributed by atoms with Crippen LogP contribution in [-0.2, 0) is 4.79 Å². The fraction of sp³-hybridized carbons (Fsp3) is 0.286. The molecule has 3 aromatic rings. The number of hydrogen-bond donors (Lipinski definition) is 1. The average Bonchev–Trinajstić information content (AvgIpc) is 3.39. The van der Waals surface area contributed by atoms with Crippen molar-refractivity contribution < 1.29 is 4.79 Å². The van der Waals surface area contributed by atoms with Crippen LogP contribution < -0.4 is 5.32 Å². The van der Waals surface area contributed by atoms with Gasteiger partial charge >= 0.3 is 0 Å².